The summed E-state index contributed by atoms with van der Waals surface area (Å²) in [4.78, 5) is 28.0. The summed E-state index contributed by atoms with van der Waals surface area (Å²) in [7, 11) is 1.38. The number of methoxy groups -OCH3 is 1. The SMILES string of the molecule is C=CCn1c(SCC2=C(C(=O)OC)C(c3ccccc3)NC(=O)N2C2CC2)nnc1C1CC1. The maximum absolute atomic E-state index is 13.2. The second-order valence-electron chi connectivity index (χ2n) is 8.55. The maximum atomic E-state index is 13.2. The fourth-order valence-electron chi connectivity index (χ4n) is 4.28. The van der Waals surface area contributed by atoms with Crippen molar-refractivity contribution >= 4 is 23.8 Å². The number of hydrogen-bond acceptors (Lipinski definition) is 6. The topological polar surface area (TPSA) is 89.4 Å². The largest absolute Gasteiger partial charge is 0.466 e. The number of carbonyl (C=O) groups is 2. The molecule has 3 aliphatic rings. The molecule has 2 amide bonds. The molecule has 1 unspecified atom stereocenters. The highest BCUT2D eigenvalue weighted by Crippen LogP contribution is 2.42. The van der Waals surface area contributed by atoms with Crippen molar-refractivity contribution in [2.45, 2.75) is 55.4 Å². The van der Waals surface area contributed by atoms with Crippen molar-refractivity contribution in [2.24, 2.45) is 0 Å². The monoisotopic (exact) mass is 465 g/mol. The fourth-order valence-corrected chi connectivity index (χ4v) is 5.26. The molecule has 2 aliphatic carbocycles. The number of thioether (sulfide) groups is 1. The summed E-state index contributed by atoms with van der Waals surface area (Å²) >= 11 is 1.49. The Balaban J connectivity index is 1.53. The molecular weight excluding hydrogens is 438 g/mol. The lowest BCUT2D eigenvalue weighted by Crippen LogP contribution is -2.50. The van der Waals surface area contributed by atoms with Crippen LogP contribution in [0.15, 0.2) is 59.4 Å². The average Bonchev–Trinajstić information content (AvgIpc) is 3.77. The first-order chi connectivity index (χ1) is 16.1. The molecule has 1 N–H and O–H groups in total. The summed E-state index contributed by atoms with van der Waals surface area (Å²) in [6.07, 6.45) is 5.95. The van der Waals surface area contributed by atoms with Crippen LogP contribution in [0.3, 0.4) is 0 Å². The Hall–Kier alpha value is -3.07. The predicted octanol–water partition coefficient (Wildman–Crippen LogP) is 3.79. The number of benzene rings is 1. The zero-order valence-corrected chi connectivity index (χ0v) is 19.4. The second-order valence-corrected chi connectivity index (χ2v) is 9.49. The molecule has 1 aromatic heterocycles. The minimum Gasteiger partial charge on any atom is -0.466 e. The summed E-state index contributed by atoms with van der Waals surface area (Å²) in [5, 5.41) is 12.6. The third kappa shape index (κ3) is 4.29. The van der Waals surface area contributed by atoms with Gasteiger partial charge in [-0.3, -0.25) is 4.90 Å². The van der Waals surface area contributed by atoms with Gasteiger partial charge in [0.05, 0.1) is 18.7 Å². The van der Waals surface area contributed by atoms with Gasteiger partial charge in [0.25, 0.3) is 0 Å². The van der Waals surface area contributed by atoms with Crippen LogP contribution in [0.2, 0.25) is 0 Å². The van der Waals surface area contributed by atoms with Gasteiger partial charge in [-0.05, 0) is 31.2 Å². The van der Waals surface area contributed by atoms with Gasteiger partial charge < -0.3 is 14.6 Å². The Morgan fingerprint density at radius 2 is 2.00 bits per heavy atom. The molecule has 8 nitrogen and oxygen atoms in total. The smallest absolute Gasteiger partial charge is 0.338 e. The predicted molar refractivity (Wildman–Crippen MR) is 125 cm³/mol. The van der Waals surface area contributed by atoms with E-state index in [1.807, 2.05) is 36.4 Å². The molecular formula is C24H27N5O3S. The van der Waals surface area contributed by atoms with Crippen molar-refractivity contribution in [2.75, 3.05) is 12.9 Å². The Bertz CT molecular complexity index is 1100. The lowest BCUT2D eigenvalue weighted by Gasteiger charge is -2.36. The van der Waals surface area contributed by atoms with E-state index in [1.165, 1.54) is 18.9 Å². The number of carbonyl (C=O) groups excluding carboxylic acids is 2. The summed E-state index contributed by atoms with van der Waals surface area (Å²) in [6, 6.07) is 8.88. The van der Waals surface area contributed by atoms with Crippen LogP contribution in [0.5, 0.6) is 0 Å². The molecule has 1 atom stereocenters. The van der Waals surface area contributed by atoms with Crippen LogP contribution in [-0.2, 0) is 16.1 Å². The quantitative estimate of drug-likeness (QED) is 0.344. The number of nitrogens with one attached hydrogen (secondary N) is 1. The van der Waals surface area contributed by atoms with E-state index in [2.05, 4.69) is 26.7 Å². The standard InChI is InChI=1S/C24H27N5O3S/c1-3-13-28-21(16-9-10-16)26-27-24(28)33-14-18-19(22(30)32-2)20(15-7-5-4-6-8-15)25-23(31)29(18)17-11-12-17/h3-8,16-17,20H,1,9-14H2,2H3,(H,25,31). The zero-order valence-electron chi connectivity index (χ0n) is 18.6. The Kier molecular flexibility index (Phi) is 5.97. The number of rotatable bonds is 9. The molecule has 172 valence electrons. The average molecular weight is 466 g/mol. The molecule has 2 aromatic rings. The third-order valence-corrected chi connectivity index (χ3v) is 7.14. The molecule has 1 aromatic carbocycles. The van der Waals surface area contributed by atoms with E-state index in [-0.39, 0.29) is 12.1 Å². The van der Waals surface area contributed by atoms with Gasteiger partial charge >= 0.3 is 12.0 Å². The number of aromatic nitrogens is 3. The zero-order chi connectivity index (χ0) is 22.9. The van der Waals surface area contributed by atoms with E-state index in [4.69, 9.17) is 4.74 Å². The Morgan fingerprint density at radius 3 is 2.64 bits per heavy atom. The first-order valence-corrected chi connectivity index (χ1v) is 12.2. The van der Waals surface area contributed by atoms with Crippen molar-refractivity contribution in [3.63, 3.8) is 0 Å². The number of urea groups is 1. The molecule has 2 saturated carbocycles. The highest BCUT2D eigenvalue weighted by Gasteiger charge is 2.44. The van der Waals surface area contributed by atoms with Crippen LogP contribution in [0, 0.1) is 0 Å². The van der Waals surface area contributed by atoms with Gasteiger partial charge in [-0.15, -0.1) is 16.8 Å². The molecule has 0 bridgehead atoms. The van der Waals surface area contributed by atoms with E-state index in [0.717, 1.165) is 42.2 Å². The normalized spacial score (nSPS) is 20.6. The molecule has 0 spiro atoms. The molecule has 0 saturated heterocycles. The molecule has 0 radical (unpaired) electrons. The van der Waals surface area contributed by atoms with Crippen molar-refractivity contribution in [1.82, 2.24) is 25.0 Å². The molecule has 2 heterocycles. The first-order valence-electron chi connectivity index (χ1n) is 11.2. The van der Waals surface area contributed by atoms with Crippen LogP contribution >= 0.6 is 11.8 Å². The Labute approximate surface area is 197 Å². The van der Waals surface area contributed by atoms with Crippen molar-refractivity contribution in [3.8, 4) is 0 Å². The van der Waals surface area contributed by atoms with E-state index < -0.39 is 12.0 Å². The third-order valence-electron chi connectivity index (χ3n) is 6.16. The van der Waals surface area contributed by atoms with Crippen molar-refractivity contribution < 1.29 is 14.3 Å². The van der Waals surface area contributed by atoms with Crippen LogP contribution in [-0.4, -0.2) is 50.6 Å². The van der Waals surface area contributed by atoms with Gasteiger partial charge in [0.15, 0.2) is 5.16 Å². The van der Waals surface area contributed by atoms with Crippen LogP contribution in [0.1, 0.15) is 49.0 Å². The summed E-state index contributed by atoms with van der Waals surface area (Å²) in [5.74, 6) is 1.43. The lowest BCUT2D eigenvalue weighted by molar-refractivity contribution is -0.136. The number of allylic oxidation sites excluding steroid dienone is 1. The van der Waals surface area contributed by atoms with Gasteiger partial charge in [-0.1, -0.05) is 48.2 Å². The summed E-state index contributed by atoms with van der Waals surface area (Å²) < 4.78 is 7.27. The Morgan fingerprint density at radius 1 is 1.24 bits per heavy atom. The minimum absolute atomic E-state index is 0.102. The summed E-state index contributed by atoms with van der Waals surface area (Å²) in [6.45, 7) is 4.50. The number of hydrogen-bond donors (Lipinski definition) is 1. The molecule has 5 rings (SSSR count). The number of esters is 1. The van der Waals surface area contributed by atoms with E-state index in [1.54, 1.807) is 4.90 Å². The van der Waals surface area contributed by atoms with Gasteiger partial charge in [0.1, 0.15) is 5.82 Å². The van der Waals surface area contributed by atoms with Crippen LogP contribution < -0.4 is 5.32 Å². The molecule has 9 heteroatoms. The van der Waals surface area contributed by atoms with Crippen LogP contribution in [0.25, 0.3) is 0 Å². The fraction of sp³-hybridized carbons (Fsp3) is 0.417. The second kappa shape index (κ2) is 9.05. The summed E-state index contributed by atoms with van der Waals surface area (Å²) in [5.41, 5.74) is 2.00. The van der Waals surface area contributed by atoms with Crippen molar-refractivity contribution in [3.05, 3.63) is 65.6 Å². The van der Waals surface area contributed by atoms with Gasteiger partial charge in [0.2, 0.25) is 0 Å². The van der Waals surface area contributed by atoms with Gasteiger partial charge in [0, 0.05) is 30.0 Å². The van der Waals surface area contributed by atoms with E-state index >= 15 is 0 Å². The number of ether oxygens (including phenoxy) is 1. The van der Waals surface area contributed by atoms with Crippen molar-refractivity contribution in [1.29, 1.82) is 0 Å². The number of nitrogens with zero attached hydrogens (tertiary/aromatic N) is 4. The molecule has 1 aliphatic heterocycles. The molecule has 2 fully saturated rings. The minimum atomic E-state index is -0.565. The maximum Gasteiger partial charge on any atom is 0.338 e. The molecule has 33 heavy (non-hydrogen) atoms. The van der Waals surface area contributed by atoms with E-state index in [9.17, 15) is 9.59 Å². The van der Waals surface area contributed by atoms with E-state index in [0.29, 0.717) is 29.5 Å². The lowest BCUT2D eigenvalue weighted by atomic mass is 9.95. The highest BCUT2D eigenvalue weighted by molar-refractivity contribution is 7.99. The number of amides is 2. The highest BCUT2D eigenvalue weighted by atomic mass is 32.2. The van der Waals surface area contributed by atoms with Crippen LogP contribution in [0.4, 0.5) is 4.79 Å². The van der Waals surface area contributed by atoms with Gasteiger partial charge in [-0.25, -0.2) is 9.59 Å². The first kappa shape index (κ1) is 21.8. The van der Waals surface area contributed by atoms with Gasteiger partial charge in [-0.2, -0.15) is 0 Å².